The summed E-state index contributed by atoms with van der Waals surface area (Å²) in [6.07, 6.45) is 15.2. The molecule has 0 aromatic carbocycles. The van der Waals surface area contributed by atoms with E-state index in [0.717, 1.165) is 25.9 Å². The summed E-state index contributed by atoms with van der Waals surface area (Å²) in [5, 5.41) is 0. The van der Waals surface area contributed by atoms with Gasteiger partial charge in [0.25, 0.3) is 0 Å². The second-order valence-electron chi connectivity index (χ2n) is 8.57. The second kappa shape index (κ2) is 30.3. The van der Waals surface area contributed by atoms with Crippen molar-refractivity contribution in [2.75, 3.05) is 72.7 Å². The van der Waals surface area contributed by atoms with Crippen molar-refractivity contribution in [3.8, 4) is 0 Å². The van der Waals surface area contributed by atoms with Crippen molar-refractivity contribution in [2.24, 2.45) is 0 Å². The molecule has 0 aliphatic rings. The summed E-state index contributed by atoms with van der Waals surface area (Å²) >= 11 is 0. The molecule has 7 nitrogen and oxygen atoms in total. The number of carbonyl (C=O) groups is 1. The highest BCUT2D eigenvalue weighted by atomic mass is 16.6. The Hall–Kier alpha value is -0.730. The third-order valence-electron chi connectivity index (χ3n) is 5.36. The van der Waals surface area contributed by atoms with Crippen LogP contribution in [-0.2, 0) is 33.2 Å². The Morgan fingerprint density at radius 3 is 1.24 bits per heavy atom. The molecule has 0 bridgehead atoms. The molecule has 0 radical (unpaired) electrons. The third-order valence-corrected chi connectivity index (χ3v) is 5.36. The van der Waals surface area contributed by atoms with Crippen molar-refractivity contribution in [2.45, 2.75) is 97.3 Å². The molecule has 0 saturated heterocycles. The Bertz CT molecular complexity index is 393. The molecular weight excluding hydrogens is 436 g/mol. The molecule has 0 aromatic heterocycles. The molecule has 0 N–H and O–H groups in total. The predicted octanol–water partition coefficient (Wildman–Crippen LogP) is 5.72. The smallest absolute Gasteiger partial charge is 0.305 e. The molecule has 0 aliphatic carbocycles. The molecule has 0 rings (SSSR count). The van der Waals surface area contributed by atoms with Gasteiger partial charge in [-0.05, 0) is 12.8 Å². The molecule has 0 aromatic rings. The second-order valence-corrected chi connectivity index (χ2v) is 8.57. The molecule has 0 heterocycles. The zero-order chi connectivity index (χ0) is 24.8. The minimum atomic E-state index is -0.125. The summed E-state index contributed by atoms with van der Waals surface area (Å²) in [6, 6.07) is 0. The molecular formula is C27H54O7. The van der Waals surface area contributed by atoms with E-state index < -0.39 is 0 Å². The lowest BCUT2D eigenvalue weighted by Gasteiger charge is -2.08. The number of esters is 1. The zero-order valence-corrected chi connectivity index (χ0v) is 22.3. The van der Waals surface area contributed by atoms with Crippen LogP contribution >= 0.6 is 0 Å². The first-order chi connectivity index (χ1) is 16.8. The van der Waals surface area contributed by atoms with E-state index in [4.69, 9.17) is 28.4 Å². The van der Waals surface area contributed by atoms with Gasteiger partial charge in [-0.3, -0.25) is 4.79 Å². The van der Waals surface area contributed by atoms with Gasteiger partial charge in [0.15, 0.2) is 0 Å². The quantitative estimate of drug-likeness (QED) is 0.0980. The Kier molecular flexibility index (Phi) is 29.7. The van der Waals surface area contributed by atoms with E-state index in [1.165, 1.54) is 57.8 Å². The number of unbranched alkanes of at least 4 members (excludes halogenated alkanes) is 10. The number of hydrogen-bond acceptors (Lipinski definition) is 7. The first-order valence-electron chi connectivity index (χ1n) is 13.9. The monoisotopic (exact) mass is 490 g/mol. The third kappa shape index (κ3) is 29.3. The molecule has 34 heavy (non-hydrogen) atoms. The Morgan fingerprint density at radius 1 is 0.412 bits per heavy atom. The van der Waals surface area contributed by atoms with Gasteiger partial charge < -0.3 is 28.4 Å². The van der Waals surface area contributed by atoms with Crippen LogP contribution in [0.5, 0.6) is 0 Å². The topological polar surface area (TPSA) is 72.5 Å². The van der Waals surface area contributed by atoms with Gasteiger partial charge in [-0.2, -0.15) is 0 Å². The standard InChI is InChI=1S/C27H54O7/c1-3-5-7-9-10-11-13-15-27(28)34-26-25-33-24-23-32-22-21-31-20-19-30-18-17-29-16-14-12-8-6-4-2/h3-26H2,1-2H3. The maximum atomic E-state index is 11.6. The number of rotatable bonds is 29. The van der Waals surface area contributed by atoms with E-state index in [0.29, 0.717) is 72.5 Å². The van der Waals surface area contributed by atoms with Gasteiger partial charge in [-0.15, -0.1) is 0 Å². The fraction of sp³-hybridized carbons (Fsp3) is 0.963. The van der Waals surface area contributed by atoms with E-state index >= 15 is 0 Å². The highest BCUT2D eigenvalue weighted by molar-refractivity contribution is 5.69. The highest BCUT2D eigenvalue weighted by Gasteiger charge is 2.02. The Balaban J connectivity index is 3.10. The minimum absolute atomic E-state index is 0.125. The molecule has 0 aliphatic heterocycles. The maximum absolute atomic E-state index is 11.6. The first-order valence-corrected chi connectivity index (χ1v) is 13.9. The van der Waals surface area contributed by atoms with Crippen molar-refractivity contribution in [1.82, 2.24) is 0 Å². The maximum Gasteiger partial charge on any atom is 0.305 e. The van der Waals surface area contributed by atoms with Crippen molar-refractivity contribution >= 4 is 5.97 Å². The van der Waals surface area contributed by atoms with Gasteiger partial charge in [0.05, 0.1) is 59.5 Å². The summed E-state index contributed by atoms with van der Waals surface area (Å²) in [5.74, 6) is -0.125. The van der Waals surface area contributed by atoms with Crippen molar-refractivity contribution in [3.63, 3.8) is 0 Å². The highest BCUT2D eigenvalue weighted by Crippen LogP contribution is 2.08. The minimum Gasteiger partial charge on any atom is -0.463 e. The van der Waals surface area contributed by atoms with Gasteiger partial charge in [-0.25, -0.2) is 0 Å². The van der Waals surface area contributed by atoms with Gasteiger partial charge in [0.2, 0.25) is 0 Å². The lowest BCUT2D eigenvalue weighted by molar-refractivity contribution is -0.145. The van der Waals surface area contributed by atoms with E-state index in [-0.39, 0.29) is 5.97 Å². The van der Waals surface area contributed by atoms with Crippen molar-refractivity contribution < 1.29 is 33.2 Å². The Labute approximate surface area is 209 Å². The summed E-state index contributed by atoms with van der Waals surface area (Å²) in [4.78, 5) is 11.6. The number of hydrogen-bond donors (Lipinski definition) is 0. The summed E-state index contributed by atoms with van der Waals surface area (Å²) in [7, 11) is 0. The summed E-state index contributed by atoms with van der Waals surface area (Å²) in [6.45, 7) is 10.4. The zero-order valence-electron chi connectivity index (χ0n) is 22.3. The molecule has 0 fully saturated rings. The number of carbonyl (C=O) groups excluding carboxylic acids is 1. The van der Waals surface area contributed by atoms with Crippen LogP contribution in [0.1, 0.15) is 97.3 Å². The van der Waals surface area contributed by atoms with Crippen LogP contribution in [0.15, 0.2) is 0 Å². The van der Waals surface area contributed by atoms with Crippen LogP contribution in [0.3, 0.4) is 0 Å². The SMILES string of the molecule is CCCCCCCCCC(=O)OCCOCCOCCOCCOCCOCCCCCCC. The average Bonchev–Trinajstić information content (AvgIpc) is 2.84. The Morgan fingerprint density at radius 2 is 0.765 bits per heavy atom. The lowest BCUT2D eigenvalue weighted by Crippen LogP contribution is -2.15. The average molecular weight is 491 g/mol. The number of ether oxygens (including phenoxy) is 6. The molecule has 0 saturated carbocycles. The molecule has 0 amide bonds. The van der Waals surface area contributed by atoms with E-state index in [1.807, 2.05) is 0 Å². The molecule has 0 unspecified atom stereocenters. The lowest BCUT2D eigenvalue weighted by atomic mass is 10.1. The van der Waals surface area contributed by atoms with Gasteiger partial charge in [-0.1, -0.05) is 78.1 Å². The van der Waals surface area contributed by atoms with Gasteiger partial charge >= 0.3 is 5.97 Å². The largest absolute Gasteiger partial charge is 0.463 e. The van der Waals surface area contributed by atoms with E-state index in [1.54, 1.807) is 0 Å². The first kappa shape index (κ1) is 33.3. The van der Waals surface area contributed by atoms with E-state index in [9.17, 15) is 4.79 Å². The molecule has 0 spiro atoms. The predicted molar refractivity (Wildman–Crippen MR) is 136 cm³/mol. The molecule has 7 heteroatoms. The van der Waals surface area contributed by atoms with Crippen LogP contribution in [0.4, 0.5) is 0 Å². The molecule has 204 valence electrons. The molecule has 0 atom stereocenters. The van der Waals surface area contributed by atoms with Crippen molar-refractivity contribution in [3.05, 3.63) is 0 Å². The van der Waals surface area contributed by atoms with Gasteiger partial charge in [0.1, 0.15) is 6.61 Å². The van der Waals surface area contributed by atoms with Crippen LogP contribution < -0.4 is 0 Å². The fourth-order valence-electron chi connectivity index (χ4n) is 3.30. The van der Waals surface area contributed by atoms with Crippen molar-refractivity contribution in [1.29, 1.82) is 0 Å². The summed E-state index contributed by atoms with van der Waals surface area (Å²) < 4.78 is 32.5. The summed E-state index contributed by atoms with van der Waals surface area (Å²) in [5.41, 5.74) is 0. The van der Waals surface area contributed by atoms with Crippen LogP contribution in [-0.4, -0.2) is 78.6 Å². The van der Waals surface area contributed by atoms with Crippen LogP contribution in [0, 0.1) is 0 Å². The normalized spacial score (nSPS) is 11.2. The van der Waals surface area contributed by atoms with E-state index in [2.05, 4.69) is 13.8 Å². The van der Waals surface area contributed by atoms with Crippen LogP contribution in [0.2, 0.25) is 0 Å². The fourth-order valence-corrected chi connectivity index (χ4v) is 3.30. The van der Waals surface area contributed by atoms with Gasteiger partial charge in [0, 0.05) is 13.0 Å². The van der Waals surface area contributed by atoms with Crippen LogP contribution in [0.25, 0.3) is 0 Å².